The predicted octanol–water partition coefficient (Wildman–Crippen LogP) is 3.33. The van der Waals surface area contributed by atoms with Crippen LogP contribution in [0.5, 0.6) is 5.75 Å². The summed E-state index contributed by atoms with van der Waals surface area (Å²) in [5.74, 6) is 0.910. The third-order valence-corrected chi connectivity index (χ3v) is 3.76. The van der Waals surface area contributed by atoms with Gasteiger partial charge in [-0.3, -0.25) is 4.79 Å². The van der Waals surface area contributed by atoms with E-state index in [4.69, 9.17) is 4.74 Å². The third kappa shape index (κ3) is 4.01. The minimum Gasteiger partial charge on any atom is -0.482 e. The van der Waals surface area contributed by atoms with Crippen LogP contribution in [-0.4, -0.2) is 30.6 Å². The van der Waals surface area contributed by atoms with Crippen molar-refractivity contribution in [2.75, 3.05) is 29.9 Å². The number of alkyl halides is 3. The second-order valence-electron chi connectivity index (χ2n) is 5.51. The van der Waals surface area contributed by atoms with Crippen LogP contribution in [0.3, 0.4) is 0 Å². The molecule has 5 nitrogen and oxygen atoms in total. The Bertz CT molecular complexity index is 748. The number of pyridine rings is 1. The van der Waals surface area contributed by atoms with Crippen LogP contribution in [0.4, 0.5) is 24.7 Å². The molecule has 1 amide bonds. The zero-order valence-corrected chi connectivity index (χ0v) is 13.2. The number of fused-ring (bicyclic) bond motifs is 1. The molecule has 2 aromatic rings. The Balaban J connectivity index is 1.53. The largest absolute Gasteiger partial charge is 0.482 e. The van der Waals surface area contributed by atoms with Gasteiger partial charge in [0.1, 0.15) is 11.6 Å². The Hall–Kier alpha value is -2.77. The average Bonchev–Trinajstić information content (AvgIpc) is 2.60. The fraction of sp³-hybridized carbons (Fsp3) is 0.294. The normalized spacial score (nSPS) is 14.0. The van der Waals surface area contributed by atoms with Crippen LogP contribution < -0.4 is 15.0 Å². The summed E-state index contributed by atoms with van der Waals surface area (Å²) in [6, 6.07) is 9.56. The first kappa shape index (κ1) is 17.1. The summed E-state index contributed by atoms with van der Waals surface area (Å²) in [4.78, 5) is 17.4. The molecule has 0 unspecified atom stereocenters. The molecule has 3 rings (SSSR count). The summed E-state index contributed by atoms with van der Waals surface area (Å²) >= 11 is 0. The molecular formula is C17H16F3N3O2. The van der Waals surface area contributed by atoms with Gasteiger partial charge in [0.15, 0.2) is 6.61 Å². The summed E-state index contributed by atoms with van der Waals surface area (Å²) in [6.45, 7) is 0.961. The summed E-state index contributed by atoms with van der Waals surface area (Å²) in [7, 11) is 0. The first-order valence-electron chi connectivity index (χ1n) is 7.74. The van der Waals surface area contributed by atoms with Gasteiger partial charge in [0.25, 0.3) is 5.91 Å². The molecule has 0 bridgehead atoms. The van der Waals surface area contributed by atoms with Gasteiger partial charge in [-0.25, -0.2) is 4.98 Å². The summed E-state index contributed by atoms with van der Waals surface area (Å²) < 4.78 is 42.8. The topological polar surface area (TPSA) is 54.5 Å². The highest BCUT2D eigenvalue weighted by molar-refractivity contribution is 5.97. The predicted molar refractivity (Wildman–Crippen MR) is 86.6 cm³/mol. The lowest BCUT2D eigenvalue weighted by atomic mass is 10.2. The number of halogens is 3. The van der Waals surface area contributed by atoms with E-state index in [-0.39, 0.29) is 12.5 Å². The molecule has 1 aromatic heterocycles. The van der Waals surface area contributed by atoms with E-state index in [1.165, 1.54) is 6.07 Å². The van der Waals surface area contributed by atoms with Gasteiger partial charge >= 0.3 is 6.18 Å². The Morgan fingerprint density at radius 2 is 2.00 bits per heavy atom. The third-order valence-electron chi connectivity index (χ3n) is 3.76. The molecule has 25 heavy (non-hydrogen) atoms. The summed E-state index contributed by atoms with van der Waals surface area (Å²) in [6.07, 6.45) is -2.98. The first-order chi connectivity index (χ1) is 11.9. The fourth-order valence-corrected chi connectivity index (χ4v) is 2.52. The Morgan fingerprint density at radius 1 is 1.20 bits per heavy atom. The highest BCUT2D eigenvalue weighted by Crippen LogP contribution is 2.31. The van der Waals surface area contributed by atoms with Gasteiger partial charge in [0.05, 0.1) is 11.3 Å². The van der Waals surface area contributed by atoms with Gasteiger partial charge in [-0.15, -0.1) is 0 Å². The lowest BCUT2D eigenvalue weighted by Gasteiger charge is -2.29. The average molecular weight is 351 g/mol. The quantitative estimate of drug-likeness (QED) is 0.840. The molecule has 0 aliphatic carbocycles. The molecule has 0 atom stereocenters. The zero-order valence-electron chi connectivity index (χ0n) is 13.2. The molecule has 0 saturated carbocycles. The number of hydrogen-bond acceptors (Lipinski definition) is 4. The zero-order chi connectivity index (χ0) is 17.9. The molecule has 8 heteroatoms. The number of amides is 1. The van der Waals surface area contributed by atoms with Gasteiger partial charge < -0.3 is 15.0 Å². The van der Waals surface area contributed by atoms with Gasteiger partial charge in [0, 0.05) is 19.3 Å². The monoisotopic (exact) mass is 351 g/mol. The Kier molecular flexibility index (Phi) is 4.78. The molecule has 1 aliphatic heterocycles. The molecule has 0 saturated heterocycles. The van der Waals surface area contributed by atoms with Crippen LogP contribution in [0.25, 0.3) is 0 Å². The van der Waals surface area contributed by atoms with E-state index in [2.05, 4.69) is 10.3 Å². The number of para-hydroxylation sites is 2. The second-order valence-corrected chi connectivity index (χ2v) is 5.51. The number of nitrogens with one attached hydrogen (secondary N) is 1. The maximum absolute atomic E-state index is 12.5. The number of rotatable bonds is 5. The molecule has 1 aliphatic rings. The summed E-state index contributed by atoms with van der Waals surface area (Å²) in [5.41, 5.74) is -0.0556. The fourth-order valence-electron chi connectivity index (χ4n) is 2.52. The number of anilines is 2. The van der Waals surface area contributed by atoms with Gasteiger partial charge in [-0.05, 0) is 30.7 Å². The summed E-state index contributed by atoms with van der Waals surface area (Å²) in [5, 5.41) is 2.95. The van der Waals surface area contributed by atoms with Crippen molar-refractivity contribution in [2.24, 2.45) is 0 Å². The van der Waals surface area contributed by atoms with Crippen molar-refractivity contribution in [1.29, 1.82) is 0 Å². The van der Waals surface area contributed by atoms with E-state index >= 15 is 0 Å². The lowest BCUT2D eigenvalue weighted by Crippen LogP contribution is -2.39. The van der Waals surface area contributed by atoms with Crippen LogP contribution in [0.15, 0.2) is 42.6 Å². The lowest BCUT2D eigenvalue weighted by molar-refractivity contribution is -0.137. The van der Waals surface area contributed by atoms with Crippen LogP contribution in [0, 0.1) is 0 Å². The van der Waals surface area contributed by atoms with Crippen molar-refractivity contribution in [3.05, 3.63) is 48.2 Å². The molecule has 0 spiro atoms. The Labute approximate surface area is 142 Å². The SMILES string of the molecule is O=C1COc2ccccc2N1CCCNc1ccc(C(F)(F)F)cn1. The number of ether oxygens (including phenoxy) is 1. The molecular weight excluding hydrogens is 335 g/mol. The molecule has 1 N–H and O–H groups in total. The number of aromatic nitrogens is 1. The van der Waals surface area contributed by atoms with E-state index in [0.29, 0.717) is 31.1 Å². The van der Waals surface area contributed by atoms with Crippen molar-refractivity contribution >= 4 is 17.4 Å². The van der Waals surface area contributed by atoms with Crippen LogP contribution >= 0.6 is 0 Å². The van der Waals surface area contributed by atoms with E-state index in [9.17, 15) is 18.0 Å². The van der Waals surface area contributed by atoms with Crippen molar-refractivity contribution in [1.82, 2.24) is 4.98 Å². The van der Waals surface area contributed by atoms with Crippen molar-refractivity contribution < 1.29 is 22.7 Å². The molecule has 0 radical (unpaired) electrons. The molecule has 2 heterocycles. The number of carbonyl (C=O) groups excluding carboxylic acids is 1. The molecule has 0 fully saturated rings. The van der Waals surface area contributed by atoms with E-state index in [1.807, 2.05) is 18.2 Å². The molecule has 1 aromatic carbocycles. The van der Waals surface area contributed by atoms with Gasteiger partial charge in [-0.1, -0.05) is 12.1 Å². The number of hydrogen-bond donors (Lipinski definition) is 1. The standard InChI is InChI=1S/C17H16F3N3O2/c18-17(19,20)12-6-7-15(22-10-12)21-8-3-9-23-13-4-1-2-5-14(13)25-11-16(23)24/h1-2,4-7,10H,3,8-9,11H2,(H,21,22). The highest BCUT2D eigenvalue weighted by atomic mass is 19.4. The first-order valence-corrected chi connectivity index (χ1v) is 7.74. The maximum Gasteiger partial charge on any atom is 0.417 e. The smallest absolute Gasteiger partial charge is 0.417 e. The number of nitrogens with zero attached hydrogens (tertiary/aromatic N) is 2. The minimum absolute atomic E-state index is 0.00486. The van der Waals surface area contributed by atoms with Gasteiger partial charge in [-0.2, -0.15) is 13.2 Å². The maximum atomic E-state index is 12.5. The van der Waals surface area contributed by atoms with Crippen molar-refractivity contribution in [3.8, 4) is 5.75 Å². The van der Waals surface area contributed by atoms with E-state index in [0.717, 1.165) is 18.0 Å². The van der Waals surface area contributed by atoms with E-state index in [1.54, 1.807) is 11.0 Å². The highest BCUT2D eigenvalue weighted by Gasteiger charge is 2.30. The second kappa shape index (κ2) is 7.00. The number of benzene rings is 1. The van der Waals surface area contributed by atoms with Gasteiger partial charge in [0.2, 0.25) is 0 Å². The van der Waals surface area contributed by atoms with Crippen LogP contribution in [0.2, 0.25) is 0 Å². The van der Waals surface area contributed by atoms with Crippen LogP contribution in [-0.2, 0) is 11.0 Å². The Morgan fingerprint density at radius 3 is 2.72 bits per heavy atom. The molecule has 132 valence electrons. The minimum atomic E-state index is -4.39. The van der Waals surface area contributed by atoms with Crippen molar-refractivity contribution in [3.63, 3.8) is 0 Å². The van der Waals surface area contributed by atoms with E-state index < -0.39 is 11.7 Å². The van der Waals surface area contributed by atoms with Crippen LogP contribution in [0.1, 0.15) is 12.0 Å². The van der Waals surface area contributed by atoms with Crippen molar-refractivity contribution in [2.45, 2.75) is 12.6 Å². The number of carbonyl (C=O) groups is 1.